The van der Waals surface area contributed by atoms with Crippen molar-refractivity contribution < 1.29 is 23.6 Å². The Hall–Kier alpha value is -2.47. The second-order valence-corrected chi connectivity index (χ2v) is 5.89. The third kappa shape index (κ3) is 3.54. The van der Waals surface area contributed by atoms with Gasteiger partial charge in [0.1, 0.15) is 6.54 Å². The number of hydrogen-bond donors (Lipinski definition) is 1. The Bertz CT molecular complexity index is 676. The van der Waals surface area contributed by atoms with Crippen LogP contribution >= 0.6 is 0 Å². The lowest BCUT2D eigenvalue weighted by Crippen LogP contribution is -3.13. The highest BCUT2D eigenvalue weighted by molar-refractivity contribution is 5.91. The molecule has 1 fully saturated rings. The number of benzene rings is 1. The van der Waals surface area contributed by atoms with Crippen molar-refractivity contribution in [1.29, 1.82) is 0 Å². The second-order valence-electron chi connectivity index (χ2n) is 5.89. The highest BCUT2D eigenvalue weighted by Crippen LogP contribution is 2.27. The Morgan fingerprint density at radius 3 is 2.54 bits per heavy atom. The Morgan fingerprint density at radius 2 is 1.92 bits per heavy atom. The lowest BCUT2D eigenvalue weighted by Gasteiger charge is -2.31. The van der Waals surface area contributed by atoms with Crippen LogP contribution in [-0.4, -0.2) is 51.2 Å². The van der Waals surface area contributed by atoms with Gasteiger partial charge >= 0.3 is 0 Å². The molecule has 2 heterocycles. The van der Waals surface area contributed by atoms with E-state index in [9.17, 15) is 4.79 Å². The number of amides is 1. The number of quaternary nitrogens is 1. The molecule has 6 nitrogen and oxygen atoms in total. The maximum atomic E-state index is 12.3. The molecule has 1 amide bonds. The number of hydrogen-bond acceptors (Lipinski definition) is 4. The summed E-state index contributed by atoms with van der Waals surface area (Å²) in [5.41, 5.74) is 1.20. The van der Waals surface area contributed by atoms with Crippen LogP contribution < -0.4 is 14.4 Å². The minimum absolute atomic E-state index is 0.0230. The Labute approximate surface area is 141 Å². The third-order valence-electron chi connectivity index (χ3n) is 4.39. The van der Waals surface area contributed by atoms with Crippen molar-refractivity contribution in [2.24, 2.45) is 0 Å². The molecule has 0 saturated carbocycles. The van der Waals surface area contributed by atoms with Gasteiger partial charge in [-0.25, -0.2) is 0 Å². The van der Waals surface area contributed by atoms with Crippen molar-refractivity contribution in [3.8, 4) is 11.5 Å². The van der Waals surface area contributed by atoms with E-state index in [0.29, 0.717) is 5.76 Å². The van der Waals surface area contributed by atoms with Gasteiger partial charge in [-0.3, -0.25) is 4.79 Å². The van der Waals surface area contributed by atoms with Crippen LogP contribution in [0.2, 0.25) is 0 Å². The summed E-state index contributed by atoms with van der Waals surface area (Å²) in [4.78, 5) is 15.6. The van der Waals surface area contributed by atoms with Crippen molar-refractivity contribution in [2.45, 2.75) is 6.54 Å². The maximum Gasteiger partial charge on any atom is 0.289 e. The first-order valence-corrected chi connectivity index (χ1v) is 8.08. The molecule has 0 aliphatic carbocycles. The van der Waals surface area contributed by atoms with E-state index in [1.54, 1.807) is 26.4 Å². The number of carbonyl (C=O) groups is 1. The highest BCUT2D eigenvalue weighted by Gasteiger charge is 2.26. The molecular formula is C18H23N2O4+. The van der Waals surface area contributed by atoms with Crippen LogP contribution in [0.25, 0.3) is 0 Å². The molecule has 0 atom stereocenters. The van der Waals surface area contributed by atoms with Crippen LogP contribution in [-0.2, 0) is 6.54 Å². The first kappa shape index (κ1) is 16.4. The molecular weight excluding hydrogens is 308 g/mol. The smallest absolute Gasteiger partial charge is 0.289 e. The zero-order valence-corrected chi connectivity index (χ0v) is 14.1. The summed E-state index contributed by atoms with van der Waals surface area (Å²) in [7, 11) is 3.28. The minimum atomic E-state index is -0.0230. The third-order valence-corrected chi connectivity index (χ3v) is 4.39. The molecule has 6 heteroatoms. The summed E-state index contributed by atoms with van der Waals surface area (Å²) >= 11 is 0. The van der Waals surface area contributed by atoms with Crippen LogP contribution in [0.15, 0.2) is 41.0 Å². The standard InChI is InChI=1S/C18H22N2O4/c1-22-15-6-5-14(12-17(15)23-2)13-19-7-9-20(10-8-19)18(21)16-4-3-11-24-16/h3-6,11-12H,7-10,13H2,1-2H3/p+1. The predicted octanol–water partition coefficient (Wildman–Crippen LogP) is 0.838. The van der Waals surface area contributed by atoms with E-state index < -0.39 is 0 Å². The zero-order valence-electron chi connectivity index (χ0n) is 14.1. The van der Waals surface area contributed by atoms with Crippen LogP contribution in [0.1, 0.15) is 16.1 Å². The molecule has 1 N–H and O–H groups in total. The largest absolute Gasteiger partial charge is 0.493 e. The summed E-state index contributed by atoms with van der Waals surface area (Å²) in [5, 5.41) is 0. The SMILES string of the molecule is COc1ccc(C[NH+]2CCN(C(=O)c3ccco3)CC2)cc1OC. The van der Waals surface area contributed by atoms with Crippen LogP contribution in [0.4, 0.5) is 0 Å². The highest BCUT2D eigenvalue weighted by atomic mass is 16.5. The van der Waals surface area contributed by atoms with Crippen LogP contribution in [0, 0.1) is 0 Å². The van der Waals surface area contributed by atoms with Gasteiger partial charge in [-0.2, -0.15) is 0 Å². The Morgan fingerprint density at radius 1 is 1.17 bits per heavy atom. The first-order chi connectivity index (χ1) is 11.7. The van der Waals surface area contributed by atoms with Crippen molar-refractivity contribution in [3.63, 3.8) is 0 Å². The van der Waals surface area contributed by atoms with Gasteiger partial charge in [0.25, 0.3) is 5.91 Å². The second kappa shape index (κ2) is 7.40. The topological polar surface area (TPSA) is 56.4 Å². The average molecular weight is 331 g/mol. The van der Waals surface area contributed by atoms with Gasteiger partial charge in [0.05, 0.1) is 46.7 Å². The molecule has 2 aromatic rings. The van der Waals surface area contributed by atoms with E-state index in [2.05, 4.69) is 6.07 Å². The van der Waals surface area contributed by atoms with Crippen molar-refractivity contribution >= 4 is 5.91 Å². The summed E-state index contributed by atoms with van der Waals surface area (Å²) in [5.74, 6) is 1.88. The molecule has 0 bridgehead atoms. The number of nitrogens with zero attached hydrogens (tertiary/aromatic N) is 1. The predicted molar refractivity (Wildman–Crippen MR) is 88.6 cm³/mol. The molecule has 1 aromatic heterocycles. The number of ether oxygens (including phenoxy) is 2. The Balaban J connectivity index is 1.56. The maximum absolute atomic E-state index is 12.3. The molecule has 0 unspecified atom stereocenters. The number of carbonyl (C=O) groups excluding carboxylic acids is 1. The van der Waals surface area contributed by atoms with Gasteiger partial charge in [0, 0.05) is 5.56 Å². The fraction of sp³-hybridized carbons (Fsp3) is 0.389. The number of rotatable bonds is 5. The summed E-state index contributed by atoms with van der Waals surface area (Å²) in [6.45, 7) is 4.22. The van der Waals surface area contributed by atoms with Crippen molar-refractivity contribution in [1.82, 2.24) is 4.90 Å². The fourth-order valence-electron chi connectivity index (χ4n) is 3.04. The number of piperazine rings is 1. The van der Waals surface area contributed by atoms with Gasteiger partial charge in [-0.1, -0.05) is 0 Å². The van der Waals surface area contributed by atoms with E-state index in [0.717, 1.165) is 44.2 Å². The van der Waals surface area contributed by atoms with Crippen LogP contribution in [0.5, 0.6) is 11.5 Å². The van der Waals surface area contributed by atoms with Gasteiger partial charge in [-0.05, 0) is 30.3 Å². The molecule has 24 heavy (non-hydrogen) atoms. The summed E-state index contributed by atoms with van der Waals surface area (Å²) in [6, 6.07) is 9.47. The molecule has 1 aliphatic heterocycles. The lowest BCUT2D eigenvalue weighted by atomic mass is 10.1. The zero-order chi connectivity index (χ0) is 16.9. The Kier molecular flexibility index (Phi) is 5.05. The van der Waals surface area contributed by atoms with Gasteiger partial charge < -0.3 is 23.7 Å². The normalized spacial score (nSPS) is 15.3. The quantitative estimate of drug-likeness (QED) is 0.882. The molecule has 1 saturated heterocycles. The molecule has 3 rings (SSSR count). The summed E-state index contributed by atoms with van der Waals surface area (Å²) < 4.78 is 15.8. The fourth-order valence-corrected chi connectivity index (χ4v) is 3.04. The van der Waals surface area contributed by atoms with Crippen LogP contribution in [0.3, 0.4) is 0 Å². The average Bonchev–Trinajstić information content (AvgIpc) is 3.16. The van der Waals surface area contributed by atoms with Crippen molar-refractivity contribution in [2.75, 3.05) is 40.4 Å². The van der Waals surface area contributed by atoms with E-state index >= 15 is 0 Å². The van der Waals surface area contributed by atoms with E-state index in [1.165, 1.54) is 16.7 Å². The van der Waals surface area contributed by atoms with Gasteiger partial charge in [0.2, 0.25) is 0 Å². The molecule has 1 aromatic carbocycles. The van der Waals surface area contributed by atoms with E-state index in [1.807, 2.05) is 17.0 Å². The lowest BCUT2D eigenvalue weighted by molar-refractivity contribution is -0.917. The number of methoxy groups -OCH3 is 2. The number of nitrogens with one attached hydrogen (secondary N) is 1. The molecule has 128 valence electrons. The molecule has 0 spiro atoms. The first-order valence-electron chi connectivity index (χ1n) is 8.08. The monoisotopic (exact) mass is 331 g/mol. The van der Waals surface area contributed by atoms with Crippen molar-refractivity contribution in [3.05, 3.63) is 47.9 Å². The van der Waals surface area contributed by atoms with E-state index in [-0.39, 0.29) is 5.91 Å². The van der Waals surface area contributed by atoms with Gasteiger partial charge in [-0.15, -0.1) is 0 Å². The number of furan rings is 1. The minimum Gasteiger partial charge on any atom is -0.493 e. The van der Waals surface area contributed by atoms with Gasteiger partial charge in [0.15, 0.2) is 17.3 Å². The summed E-state index contributed by atoms with van der Waals surface area (Å²) in [6.07, 6.45) is 1.53. The molecule has 0 radical (unpaired) electrons. The van der Waals surface area contributed by atoms with E-state index in [4.69, 9.17) is 13.9 Å². The molecule has 1 aliphatic rings.